The van der Waals surface area contributed by atoms with Crippen molar-refractivity contribution < 1.29 is 47.0 Å². The van der Waals surface area contributed by atoms with Crippen LogP contribution in [0.25, 0.3) is 22.3 Å². The van der Waals surface area contributed by atoms with Crippen LogP contribution in [0.15, 0.2) is 92.0 Å². The maximum absolute atomic E-state index is 15.3. The number of nitrogens with zero attached hydrogens (tertiary/aromatic N) is 4. The molecule has 0 saturated carbocycles. The number of ketones is 2. The van der Waals surface area contributed by atoms with Gasteiger partial charge in [-0.3, -0.25) is 37.9 Å². The van der Waals surface area contributed by atoms with E-state index in [1.54, 1.807) is 62.4 Å². The smallest absolute Gasteiger partial charge is 0.330 e. The van der Waals surface area contributed by atoms with Gasteiger partial charge in [-0.15, -0.1) is 0 Å². The molecule has 0 amide bonds. The first-order valence-electron chi connectivity index (χ1n) is 21.4. The molecule has 0 aliphatic carbocycles. The summed E-state index contributed by atoms with van der Waals surface area (Å²) in [5, 5.41) is 22.6. The number of hydrogen-bond donors (Lipinski definition) is 3. The quantitative estimate of drug-likeness (QED) is 0.0743. The normalized spacial score (nSPS) is 12.2. The molecule has 3 N–H and O–H groups in total. The van der Waals surface area contributed by atoms with Gasteiger partial charge in [-0.1, -0.05) is 48.5 Å². The maximum Gasteiger partial charge on any atom is 0.330 e. The van der Waals surface area contributed by atoms with Crippen LogP contribution in [-0.2, 0) is 63.7 Å². The molecule has 6 aromatic rings. The van der Waals surface area contributed by atoms with Gasteiger partial charge in [0.15, 0.2) is 11.6 Å². The van der Waals surface area contributed by atoms with Crippen molar-refractivity contribution in [2.24, 2.45) is 40.0 Å². The Hall–Kier alpha value is -7.80. The number of halogens is 4. The van der Waals surface area contributed by atoms with Gasteiger partial charge < -0.3 is 24.7 Å². The van der Waals surface area contributed by atoms with Crippen LogP contribution in [0.5, 0.6) is 0 Å². The first kappa shape index (κ1) is 50.6. The SMILES string of the molecule is Cc1c(-c2ccc(C[C@H](CC(=O)c3c(F)cc(CNCc4cc(F)c(C(=O)C[C@@H](Cc5ccc(-c6c(C)n(C)c(=O)n(C)c6=O)cc5)C(=O)O)c(F)c4)cc3F)C(=O)O)cc2)c(=O)n(C)c(=O)n1C. The summed E-state index contributed by atoms with van der Waals surface area (Å²) in [6.45, 7) is 2.71. The topological polar surface area (TPSA) is 209 Å². The van der Waals surface area contributed by atoms with Crippen molar-refractivity contribution in [3.63, 3.8) is 0 Å². The second-order valence-electron chi connectivity index (χ2n) is 16.9. The lowest BCUT2D eigenvalue weighted by atomic mass is 9.90. The molecule has 6 rings (SSSR count). The highest BCUT2D eigenvalue weighted by atomic mass is 19.1. The number of carbonyl (C=O) groups is 4. The molecule has 360 valence electrons. The van der Waals surface area contributed by atoms with Gasteiger partial charge in [-0.05, 0) is 84.3 Å². The van der Waals surface area contributed by atoms with E-state index in [1.165, 1.54) is 37.3 Å². The monoisotopic (exact) mass is 953 g/mol. The third kappa shape index (κ3) is 10.7. The number of carboxylic acid groups (broad SMARTS) is 2. The minimum Gasteiger partial charge on any atom is -0.481 e. The van der Waals surface area contributed by atoms with E-state index >= 15 is 17.6 Å². The molecule has 2 atom stereocenters. The summed E-state index contributed by atoms with van der Waals surface area (Å²) in [6, 6.07) is 15.9. The van der Waals surface area contributed by atoms with Gasteiger partial charge in [0.2, 0.25) is 0 Å². The lowest BCUT2D eigenvalue weighted by Gasteiger charge is -2.15. The molecule has 2 aromatic heterocycles. The second kappa shape index (κ2) is 20.6. The molecule has 0 fully saturated rings. The first-order valence-corrected chi connectivity index (χ1v) is 21.4. The zero-order valence-corrected chi connectivity index (χ0v) is 38.3. The Bertz CT molecular complexity index is 3040. The van der Waals surface area contributed by atoms with Crippen LogP contribution in [0, 0.1) is 49.0 Å². The van der Waals surface area contributed by atoms with Crippen molar-refractivity contribution in [1.82, 2.24) is 23.6 Å². The summed E-state index contributed by atoms with van der Waals surface area (Å²) in [4.78, 5) is 101. The predicted molar refractivity (Wildman–Crippen MR) is 245 cm³/mol. The Morgan fingerprint density at radius 2 is 0.812 bits per heavy atom. The Morgan fingerprint density at radius 3 is 1.10 bits per heavy atom. The standard InChI is InChI=1S/C50H47F4N5O10/c1-25-41(45(62)58(5)49(68)56(25)3)31-11-7-27(8-12-31)15-33(47(64)65)21-39(60)43-35(51)17-29(18-36(43)52)23-55-24-30-19-37(53)44(38(54)20-30)40(61)22-34(48(66)67)16-28-9-13-32(14-10-28)42-26(2)57(4)50(69)59(6)46(42)63/h7-14,17-20,33-34,55H,15-16,21-24H2,1-6H3,(H,64,65)(H,66,67)/t33-,34-/m1/s1. The number of carbonyl (C=O) groups excluding carboxylic acids is 2. The van der Waals surface area contributed by atoms with Crippen LogP contribution >= 0.6 is 0 Å². The summed E-state index contributed by atoms with van der Waals surface area (Å²) < 4.78 is 65.8. The number of aromatic nitrogens is 4. The minimum atomic E-state index is -1.39. The van der Waals surface area contributed by atoms with Crippen LogP contribution < -0.4 is 27.8 Å². The number of rotatable bonds is 18. The van der Waals surface area contributed by atoms with Crippen molar-refractivity contribution in [3.05, 3.63) is 183 Å². The summed E-state index contributed by atoms with van der Waals surface area (Å²) in [5.74, 6) is -12.8. The summed E-state index contributed by atoms with van der Waals surface area (Å²) in [6.07, 6.45) is -1.90. The van der Waals surface area contributed by atoms with E-state index in [1.807, 2.05) is 0 Å². The van der Waals surface area contributed by atoms with Crippen molar-refractivity contribution in [2.45, 2.75) is 52.6 Å². The van der Waals surface area contributed by atoms with E-state index in [9.17, 15) is 48.6 Å². The Kier molecular flexibility index (Phi) is 15.1. The number of Topliss-reactive ketones (excluding diaryl/α,β-unsaturated/α-hetero) is 2. The zero-order chi connectivity index (χ0) is 50.8. The van der Waals surface area contributed by atoms with E-state index in [2.05, 4.69) is 5.32 Å². The summed E-state index contributed by atoms with van der Waals surface area (Å²) in [5.41, 5.74) is -0.757. The van der Waals surface area contributed by atoms with Gasteiger partial charge in [0.05, 0.1) is 34.1 Å². The molecular weight excluding hydrogens is 907 g/mol. The first-order chi connectivity index (χ1) is 32.5. The zero-order valence-electron chi connectivity index (χ0n) is 38.3. The molecule has 0 unspecified atom stereocenters. The van der Waals surface area contributed by atoms with Crippen molar-refractivity contribution in [2.75, 3.05) is 0 Å². The molecule has 0 spiro atoms. The number of hydrogen-bond acceptors (Lipinski definition) is 9. The van der Waals surface area contributed by atoms with Gasteiger partial charge in [0.25, 0.3) is 11.1 Å². The summed E-state index contributed by atoms with van der Waals surface area (Å²) in [7, 11) is 5.73. The Morgan fingerprint density at radius 1 is 0.507 bits per heavy atom. The van der Waals surface area contributed by atoms with E-state index < -0.39 is 105 Å². The predicted octanol–water partition coefficient (Wildman–Crippen LogP) is 5.31. The third-order valence-electron chi connectivity index (χ3n) is 12.3. The molecule has 0 radical (unpaired) electrons. The molecule has 19 heteroatoms. The molecular formula is C50H47F4N5O10. The lowest BCUT2D eigenvalue weighted by molar-refractivity contribution is -0.142. The third-order valence-corrected chi connectivity index (χ3v) is 12.3. The average Bonchev–Trinajstić information content (AvgIpc) is 3.29. The highest BCUT2D eigenvalue weighted by molar-refractivity contribution is 5.99. The minimum absolute atomic E-state index is 0.00607. The fourth-order valence-corrected chi connectivity index (χ4v) is 8.22. The highest BCUT2D eigenvalue weighted by Gasteiger charge is 2.29. The van der Waals surface area contributed by atoms with Crippen molar-refractivity contribution >= 4 is 23.5 Å². The van der Waals surface area contributed by atoms with E-state index in [-0.39, 0.29) is 48.2 Å². The van der Waals surface area contributed by atoms with Gasteiger partial charge in [-0.25, -0.2) is 27.2 Å². The highest BCUT2D eigenvalue weighted by Crippen LogP contribution is 2.27. The number of benzene rings is 4. The van der Waals surface area contributed by atoms with Gasteiger partial charge in [0, 0.05) is 65.5 Å². The Labute approximate surface area is 390 Å². The molecule has 0 saturated heterocycles. The summed E-state index contributed by atoms with van der Waals surface area (Å²) >= 11 is 0. The molecule has 2 heterocycles. The lowest BCUT2D eigenvalue weighted by Crippen LogP contribution is -2.39. The second-order valence-corrected chi connectivity index (χ2v) is 16.9. The van der Waals surface area contributed by atoms with Crippen LogP contribution in [-0.4, -0.2) is 52.0 Å². The van der Waals surface area contributed by atoms with Crippen molar-refractivity contribution in [3.8, 4) is 22.3 Å². The van der Waals surface area contributed by atoms with Crippen LogP contribution in [0.2, 0.25) is 0 Å². The molecule has 0 aliphatic rings. The van der Waals surface area contributed by atoms with Gasteiger partial charge >= 0.3 is 23.3 Å². The number of aliphatic carboxylic acids is 2. The molecule has 15 nitrogen and oxygen atoms in total. The van der Waals surface area contributed by atoms with Crippen LogP contribution in [0.4, 0.5) is 17.6 Å². The fourth-order valence-electron chi connectivity index (χ4n) is 8.22. The van der Waals surface area contributed by atoms with Crippen molar-refractivity contribution in [1.29, 1.82) is 0 Å². The van der Waals surface area contributed by atoms with Crippen LogP contribution in [0.1, 0.15) is 67.2 Å². The number of carboxylic acids is 2. The van der Waals surface area contributed by atoms with E-state index in [0.29, 0.717) is 33.6 Å². The molecule has 69 heavy (non-hydrogen) atoms. The fraction of sp³-hybridized carbons (Fsp3) is 0.280. The molecule has 4 aromatic carbocycles. The maximum atomic E-state index is 15.3. The largest absolute Gasteiger partial charge is 0.481 e. The number of nitrogens with one attached hydrogen (secondary N) is 1. The molecule has 0 aliphatic heterocycles. The van der Waals surface area contributed by atoms with Gasteiger partial charge in [0.1, 0.15) is 23.3 Å². The van der Waals surface area contributed by atoms with Crippen LogP contribution in [0.3, 0.4) is 0 Å². The van der Waals surface area contributed by atoms with Gasteiger partial charge in [-0.2, -0.15) is 0 Å². The molecule has 0 bridgehead atoms. The Balaban J connectivity index is 1.06. The van der Waals surface area contributed by atoms with E-state index in [4.69, 9.17) is 0 Å². The average molecular weight is 954 g/mol. The van der Waals surface area contributed by atoms with E-state index in [0.717, 1.165) is 33.4 Å².